The van der Waals surface area contributed by atoms with E-state index in [-0.39, 0.29) is 5.91 Å². The lowest BCUT2D eigenvalue weighted by molar-refractivity contribution is 0.0746. The first-order valence-corrected chi connectivity index (χ1v) is 10.7. The van der Waals surface area contributed by atoms with Gasteiger partial charge < -0.3 is 19.6 Å². The molecule has 1 amide bonds. The first-order chi connectivity index (χ1) is 13.6. The maximum atomic E-state index is 12.8. The van der Waals surface area contributed by atoms with Gasteiger partial charge in [-0.05, 0) is 47.8 Å². The molecule has 7 nitrogen and oxygen atoms in total. The van der Waals surface area contributed by atoms with Crippen molar-refractivity contribution < 1.29 is 4.79 Å². The number of likely N-dealkylation sites (N-methyl/N-ethyl adjacent to an activating group) is 1. The maximum Gasteiger partial charge on any atom is 0.254 e. The molecule has 0 saturated carbocycles. The van der Waals surface area contributed by atoms with Gasteiger partial charge in [-0.25, -0.2) is 9.97 Å². The van der Waals surface area contributed by atoms with Crippen molar-refractivity contribution in [1.82, 2.24) is 19.8 Å². The predicted molar refractivity (Wildman–Crippen MR) is 119 cm³/mol. The van der Waals surface area contributed by atoms with Crippen LogP contribution in [0.3, 0.4) is 0 Å². The molecule has 1 aromatic heterocycles. The molecule has 0 spiro atoms. The Labute approximate surface area is 179 Å². The summed E-state index contributed by atoms with van der Waals surface area (Å²) in [6.45, 7) is 7.08. The quantitative estimate of drug-likeness (QED) is 0.610. The van der Waals surface area contributed by atoms with Crippen LogP contribution in [0.4, 0.5) is 11.6 Å². The lowest BCUT2D eigenvalue weighted by atomic mass is 10.2. The summed E-state index contributed by atoms with van der Waals surface area (Å²) in [6, 6.07) is 9.86. The molecule has 4 rings (SSSR count). The molecule has 0 N–H and O–H groups in total. The number of carbonyl (C=O) groups is 1. The van der Waals surface area contributed by atoms with Gasteiger partial charge >= 0.3 is 0 Å². The second-order valence-corrected chi connectivity index (χ2v) is 8.56. The Hall–Kier alpha value is -1.94. The second-order valence-electron chi connectivity index (χ2n) is 7.31. The third-order valence-electron chi connectivity index (χ3n) is 5.43. The summed E-state index contributed by atoms with van der Waals surface area (Å²) >= 11 is 2.24. The van der Waals surface area contributed by atoms with E-state index in [4.69, 9.17) is 0 Å². The van der Waals surface area contributed by atoms with Crippen molar-refractivity contribution >= 4 is 40.1 Å². The van der Waals surface area contributed by atoms with Crippen molar-refractivity contribution in [3.8, 4) is 0 Å². The van der Waals surface area contributed by atoms with E-state index >= 15 is 0 Å². The van der Waals surface area contributed by atoms with Crippen LogP contribution in [0.1, 0.15) is 10.4 Å². The fraction of sp³-hybridized carbons (Fsp3) is 0.450. The zero-order valence-electron chi connectivity index (χ0n) is 16.1. The van der Waals surface area contributed by atoms with Crippen LogP contribution in [-0.2, 0) is 0 Å². The van der Waals surface area contributed by atoms with E-state index in [2.05, 4.69) is 60.4 Å². The fourth-order valence-corrected chi connectivity index (χ4v) is 4.20. The van der Waals surface area contributed by atoms with Crippen LogP contribution in [0.2, 0.25) is 0 Å². The summed E-state index contributed by atoms with van der Waals surface area (Å²) < 4.78 is 1.08. The van der Waals surface area contributed by atoms with Crippen molar-refractivity contribution in [2.45, 2.75) is 0 Å². The highest BCUT2D eigenvalue weighted by Crippen LogP contribution is 2.21. The van der Waals surface area contributed by atoms with Crippen molar-refractivity contribution in [2.75, 3.05) is 69.2 Å². The highest BCUT2D eigenvalue weighted by molar-refractivity contribution is 14.1. The molecule has 1 aromatic carbocycles. The molecule has 0 radical (unpaired) electrons. The molecule has 2 saturated heterocycles. The average Bonchev–Trinajstić information content (AvgIpc) is 2.74. The van der Waals surface area contributed by atoms with Crippen molar-refractivity contribution in [3.63, 3.8) is 0 Å². The molecule has 148 valence electrons. The SMILES string of the molecule is CN1CCN(c2cc(N3CCN(C(=O)c4cccc(I)c4)CC3)ncn2)CC1. The van der Waals surface area contributed by atoms with Crippen LogP contribution >= 0.6 is 22.6 Å². The number of aromatic nitrogens is 2. The van der Waals surface area contributed by atoms with Gasteiger partial charge in [0.25, 0.3) is 5.91 Å². The summed E-state index contributed by atoms with van der Waals surface area (Å²) in [5.74, 6) is 2.06. The zero-order chi connectivity index (χ0) is 19.5. The number of hydrogen-bond donors (Lipinski definition) is 0. The first kappa shape index (κ1) is 19.4. The Morgan fingerprint density at radius 1 is 0.893 bits per heavy atom. The molecule has 0 bridgehead atoms. The number of rotatable bonds is 3. The molecule has 2 fully saturated rings. The molecule has 2 aliphatic rings. The van der Waals surface area contributed by atoms with Crippen molar-refractivity contribution in [3.05, 3.63) is 45.8 Å². The maximum absolute atomic E-state index is 12.8. The third-order valence-corrected chi connectivity index (χ3v) is 6.10. The number of benzene rings is 1. The molecule has 0 aliphatic carbocycles. The second kappa shape index (κ2) is 8.60. The molecule has 0 atom stereocenters. The van der Waals surface area contributed by atoms with Crippen LogP contribution in [0, 0.1) is 3.57 Å². The highest BCUT2D eigenvalue weighted by atomic mass is 127. The minimum atomic E-state index is 0.110. The molecule has 2 aliphatic heterocycles. The normalized spacial score (nSPS) is 18.4. The minimum Gasteiger partial charge on any atom is -0.354 e. The van der Waals surface area contributed by atoms with E-state index in [1.54, 1.807) is 6.33 Å². The number of anilines is 2. The van der Waals surface area contributed by atoms with Gasteiger partial charge in [0.05, 0.1) is 0 Å². The van der Waals surface area contributed by atoms with E-state index in [0.29, 0.717) is 13.1 Å². The lowest BCUT2D eigenvalue weighted by Crippen LogP contribution is -2.49. The zero-order valence-corrected chi connectivity index (χ0v) is 18.2. The molecule has 3 heterocycles. The number of halogens is 1. The molecular formula is C20H25IN6O. The van der Waals surface area contributed by atoms with Gasteiger partial charge in [0.2, 0.25) is 0 Å². The lowest BCUT2D eigenvalue weighted by Gasteiger charge is -2.36. The van der Waals surface area contributed by atoms with Crippen LogP contribution in [0.25, 0.3) is 0 Å². The topological polar surface area (TPSA) is 55.8 Å². The van der Waals surface area contributed by atoms with Crippen molar-refractivity contribution in [2.24, 2.45) is 0 Å². The number of nitrogens with zero attached hydrogens (tertiary/aromatic N) is 6. The Balaban J connectivity index is 1.38. The Morgan fingerprint density at radius 3 is 2.11 bits per heavy atom. The van der Waals surface area contributed by atoms with Crippen molar-refractivity contribution in [1.29, 1.82) is 0 Å². The number of amides is 1. The van der Waals surface area contributed by atoms with E-state index in [1.807, 2.05) is 29.2 Å². The first-order valence-electron chi connectivity index (χ1n) is 9.65. The minimum absolute atomic E-state index is 0.110. The van der Waals surface area contributed by atoms with Gasteiger partial charge in [-0.1, -0.05) is 6.07 Å². The number of carbonyl (C=O) groups excluding carboxylic acids is 1. The Bertz CT molecular complexity index is 831. The Morgan fingerprint density at radius 2 is 1.50 bits per heavy atom. The summed E-state index contributed by atoms with van der Waals surface area (Å²) in [4.78, 5) is 30.6. The van der Waals surface area contributed by atoms with Crippen LogP contribution in [0.15, 0.2) is 36.7 Å². The van der Waals surface area contributed by atoms with Gasteiger partial charge in [-0.15, -0.1) is 0 Å². The standard InChI is InChI=1S/C20H25IN6O/c1-24-5-7-25(8-6-24)18-14-19(23-15-22-18)26-9-11-27(12-10-26)20(28)16-3-2-4-17(21)13-16/h2-4,13-15H,5-12H2,1H3. The number of hydrogen-bond acceptors (Lipinski definition) is 6. The van der Waals surface area contributed by atoms with E-state index in [9.17, 15) is 4.79 Å². The van der Waals surface area contributed by atoms with Gasteiger partial charge in [-0.3, -0.25) is 4.79 Å². The highest BCUT2D eigenvalue weighted by Gasteiger charge is 2.24. The van der Waals surface area contributed by atoms with Gasteiger partial charge in [-0.2, -0.15) is 0 Å². The van der Waals surface area contributed by atoms with Crippen LogP contribution < -0.4 is 9.80 Å². The fourth-order valence-electron chi connectivity index (χ4n) is 3.66. The Kier molecular flexibility index (Phi) is 5.96. The summed E-state index contributed by atoms with van der Waals surface area (Å²) in [7, 11) is 2.15. The molecule has 0 unspecified atom stereocenters. The van der Waals surface area contributed by atoms with E-state index < -0.39 is 0 Å². The number of piperazine rings is 2. The largest absolute Gasteiger partial charge is 0.354 e. The van der Waals surface area contributed by atoms with E-state index in [1.165, 1.54) is 0 Å². The molecule has 8 heteroatoms. The molecule has 2 aromatic rings. The van der Waals surface area contributed by atoms with Crippen LogP contribution in [-0.4, -0.2) is 85.1 Å². The third kappa shape index (κ3) is 4.38. The summed E-state index contributed by atoms with van der Waals surface area (Å²) in [5.41, 5.74) is 0.764. The monoisotopic (exact) mass is 492 g/mol. The average molecular weight is 492 g/mol. The van der Waals surface area contributed by atoms with Crippen LogP contribution in [0.5, 0.6) is 0 Å². The van der Waals surface area contributed by atoms with Gasteiger partial charge in [0.1, 0.15) is 18.0 Å². The van der Waals surface area contributed by atoms with Gasteiger partial charge in [0, 0.05) is 67.6 Å². The summed E-state index contributed by atoms with van der Waals surface area (Å²) in [5, 5.41) is 0. The predicted octanol–water partition coefficient (Wildman–Crippen LogP) is 1.80. The van der Waals surface area contributed by atoms with E-state index in [0.717, 1.165) is 60.0 Å². The van der Waals surface area contributed by atoms with Gasteiger partial charge in [0.15, 0.2) is 0 Å². The smallest absolute Gasteiger partial charge is 0.254 e. The molecular weight excluding hydrogens is 467 g/mol. The summed E-state index contributed by atoms with van der Waals surface area (Å²) in [6.07, 6.45) is 1.66. The molecule has 28 heavy (non-hydrogen) atoms.